The van der Waals surface area contributed by atoms with E-state index < -0.39 is 0 Å². The molecule has 5 heteroatoms. The molecule has 1 heterocycles. The number of morpholine rings is 1. The summed E-state index contributed by atoms with van der Waals surface area (Å²) in [7, 11) is 0. The summed E-state index contributed by atoms with van der Waals surface area (Å²) in [5.41, 5.74) is 1.48. The van der Waals surface area contributed by atoms with Crippen LogP contribution in [0.4, 0.5) is 5.69 Å². The second-order valence-electron chi connectivity index (χ2n) is 4.86. The third kappa shape index (κ3) is 3.08. The number of rotatable bonds is 3. The van der Waals surface area contributed by atoms with Crippen molar-refractivity contribution in [3.05, 3.63) is 28.8 Å². The topological polar surface area (TPSA) is 49.8 Å². The molecule has 1 N–H and O–H groups in total. The standard InChI is InChI=1S/C14H18ClNO3/c1-9-8-19-12(7-17)6-16(9)11-3-4-13(10(2)18)14(15)5-11/h3-5,9,12,17H,6-8H2,1-2H3. The Hall–Kier alpha value is -1.10. The highest BCUT2D eigenvalue weighted by molar-refractivity contribution is 6.34. The van der Waals surface area contributed by atoms with E-state index in [2.05, 4.69) is 11.8 Å². The van der Waals surface area contributed by atoms with Gasteiger partial charge in [-0.05, 0) is 32.0 Å². The van der Waals surface area contributed by atoms with Crippen LogP contribution in [0.1, 0.15) is 24.2 Å². The Morgan fingerprint density at radius 1 is 1.58 bits per heavy atom. The van der Waals surface area contributed by atoms with Crippen LogP contribution >= 0.6 is 11.6 Å². The smallest absolute Gasteiger partial charge is 0.161 e. The summed E-state index contributed by atoms with van der Waals surface area (Å²) in [6.07, 6.45) is -0.178. The molecule has 0 aromatic heterocycles. The average Bonchev–Trinajstić information content (AvgIpc) is 2.38. The number of ketones is 1. The first-order valence-corrected chi connectivity index (χ1v) is 6.70. The van der Waals surface area contributed by atoms with Crippen LogP contribution in [0.5, 0.6) is 0 Å². The molecule has 104 valence electrons. The number of carbonyl (C=O) groups is 1. The largest absolute Gasteiger partial charge is 0.394 e. The van der Waals surface area contributed by atoms with E-state index in [0.717, 1.165) is 5.69 Å². The summed E-state index contributed by atoms with van der Waals surface area (Å²) in [6.45, 7) is 4.74. The van der Waals surface area contributed by atoms with Gasteiger partial charge in [0.25, 0.3) is 0 Å². The van der Waals surface area contributed by atoms with E-state index >= 15 is 0 Å². The number of aliphatic hydroxyl groups excluding tert-OH is 1. The molecule has 1 aliphatic heterocycles. The second-order valence-corrected chi connectivity index (χ2v) is 5.27. The van der Waals surface area contributed by atoms with Crippen molar-refractivity contribution >= 4 is 23.1 Å². The van der Waals surface area contributed by atoms with Crippen LogP contribution in [-0.2, 0) is 4.74 Å². The van der Waals surface area contributed by atoms with Crippen molar-refractivity contribution in [3.8, 4) is 0 Å². The van der Waals surface area contributed by atoms with Crippen LogP contribution < -0.4 is 4.90 Å². The van der Waals surface area contributed by atoms with Crippen molar-refractivity contribution < 1.29 is 14.6 Å². The predicted molar refractivity (Wildman–Crippen MR) is 75.1 cm³/mol. The fourth-order valence-corrected chi connectivity index (χ4v) is 2.56. The van der Waals surface area contributed by atoms with Crippen molar-refractivity contribution in [2.24, 2.45) is 0 Å². The number of hydrogen-bond donors (Lipinski definition) is 1. The number of Topliss-reactive ketones (excluding diaryl/α,β-unsaturated/α-hetero) is 1. The van der Waals surface area contributed by atoms with Gasteiger partial charge in [-0.3, -0.25) is 4.79 Å². The second kappa shape index (κ2) is 5.90. The Labute approximate surface area is 117 Å². The highest BCUT2D eigenvalue weighted by Crippen LogP contribution is 2.27. The molecule has 19 heavy (non-hydrogen) atoms. The molecule has 1 fully saturated rings. The highest BCUT2D eigenvalue weighted by atomic mass is 35.5. The average molecular weight is 284 g/mol. The lowest BCUT2D eigenvalue weighted by molar-refractivity contribution is -0.0103. The first-order chi connectivity index (χ1) is 9.02. The van der Waals surface area contributed by atoms with Gasteiger partial charge < -0.3 is 14.7 Å². The number of ether oxygens (including phenoxy) is 1. The molecule has 0 bridgehead atoms. The lowest BCUT2D eigenvalue weighted by atomic mass is 10.1. The van der Waals surface area contributed by atoms with Gasteiger partial charge in [0.15, 0.2) is 5.78 Å². The van der Waals surface area contributed by atoms with E-state index in [1.807, 2.05) is 6.07 Å². The molecular weight excluding hydrogens is 266 g/mol. The molecule has 0 radical (unpaired) electrons. The van der Waals surface area contributed by atoms with E-state index in [0.29, 0.717) is 23.7 Å². The van der Waals surface area contributed by atoms with Gasteiger partial charge in [0.1, 0.15) is 0 Å². The summed E-state index contributed by atoms with van der Waals surface area (Å²) < 4.78 is 5.50. The molecule has 1 saturated heterocycles. The molecule has 1 aromatic rings. The Balaban J connectivity index is 2.25. The molecule has 2 unspecified atom stereocenters. The molecule has 2 atom stereocenters. The van der Waals surface area contributed by atoms with Crippen LogP contribution in [-0.4, -0.2) is 42.8 Å². The van der Waals surface area contributed by atoms with Gasteiger partial charge in [-0.2, -0.15) is 0 Å². The summed E-state index contributed by atoms with van der Waals surface area (Å²) in [4.78, 5) is 13.5. The highest BCUT2D eigenvalue weighted by Gasteiger charge is 2.26. The monoisotopic (exact) mass is 283 g/mol. The summed E-state index contributed by atoms with van der Waals surface area (Å²) in [5.74, 6) is -0.0418. The number of aliphatic hydroxyl groups is 1. The van der Waals surface area contributed by atoms with Crippen molar-refractivity contribution in [1.29, 1.82) is 0 Å². The molecular formula is C14H18ClNO3. The SMILES string of the molecule is CC(=O)c1ccc(N2CC(CO)OCC2C)cc1Cl. The van der Waals surface area contributed by atoms with Crippen molar-refractivity contribution in [3.63, 3.8) is 0 Å². The van der Waals surface area contributed by atoms with Crippen LogP contribution in [0, 0.1) is 0 Å². The summed E-state index contributed by atoms with van der Waals surface area (Å²) in [5, 5.41) is 9.65. The quantitative estimate of drug-likeness (QED) is 0.864. The van der Waals surface area contributed by atoms with Crippen LogP contribution in [0.15, 0.2) is 18.2 Å². The maximum Gasteiger partial charge on any atom is 0.161 e. The zero-order valence-corrected chi connectivity index (χ0v) is 11.9. The van der Waals surface area contributed by atoms with Crippen molar-refractivity contribution in [1.82, 2.24) is 0 Å². The van der Waals surface area contributed by atoms with Crippen molar-refractivity contribution in [2.45, 2.75) is 26.0 Å². The van der Waals surface area contributed by atoms with Gasteiger partial charge in [-0.1, -0.05) is 11.6 Å². The molecule has 2 rings (SSSR count). The Bertz CT molecular complexity index is 478. The number of carbonyl (C=O) groups excluding carboxylic acids is 1. The zero-order valence-electron chi connectivity index (χ0n) is 11.1. The third-order valence-electron chi connectivity index (χ3n) is 3.37. The first kappa shape index (κ1) is 14.3. The fourth-order valence-electron chi connectivity index (χ4n) is 2.26. The van der Waals surface area contributed by atoms with Crippen LogP contribution in [0.25, 0.3) is 0 Å². The molecule has 4 nitrogen and oxygen atoms in total. The first-order valence-electron chi connectivity index (χ1n) is 6.32. The van der Waals surface area contributed by atoms with Gasteiger partial charge in [0.05, 0.1) is 24.3 Å². The Kier molecular flexibility index (Phi) is 4.45. The Morgan fingerprint density at radius 3 is 2.89 bits per heavy atom. The van der Waals surface area contributed by atoms with Gasteiger partial charge in [0.2, 0.25) is 0 Å². The van der Waals surface area contributed by atoms with Gasteiger partial charge in [-0.25, -0.2) is 0 Å². The third-order valence-corrected chi connectivity index (χ3v) is 3.69. The van der Waals surface area contributed by atoms with E-state index in [4.69, 9.17) is 16.3 Å². The van der Waals surface area contributed by atoms with Gasteiger partial charge in [-0.15, -0.1) is 0 Å². The van der Waals surface area contributed by atoms with Crippen molar-refractivity contribution in [2.75, 3.05) is 24.7 Å². The molecule has 1 aliphatic rings. The minimum absolute atomic E-state index is 0.00246. The predicted octanol–water partition coefficient (Wildman–Crippen LogP) is 2.13. The lowest BCUT2D eigenvalue weighted by Gasteiger charge is -2.39. The zero-order chi connectivity index (χ0) is 14.0. The minimum atomic E-state index is -0.178. The summed E-state index contributed by atoms with van der Waals surface area (Å²) >= 11 is 6.13. The van der Waals surface area contributed by atoms with Gasteiger partial charge in [0, 0.05) is 23.8 Å². The van der Waals surface area contributed by atoms with E-state index in [9.17, 15) is 9.90 Å². The fraction of sp³-hybridized carbons (Fsp3) is 0.500. The number of anilines is 1. The van der Waals surface area contributed by atoms with Crippen LogP contribution in [0.2, 0.25) is 5.02 Å². The molecule has 0 aliphatic carbocycles. The summed E-state index contributed by atoms with van der Waals surface area (Å²) in [6, 6.07) is 5.64. The van der Waals surface area contributed by atoms with E-state index in [1.54, 1.807) is 12.1 Å². The van der Waals surface area contributed by atoms with E-state index in [-0.39, 0.29) is 24.5 Å². The molecule has 1 aromatic carbocycles. The van der Waals surface area contributed by atoms with E-state index in [1.165, 1.54) is 6.92 Å². The van der Waals surface area contributed by atoms with Crippen LogP contribution in [0.3, 0.4) is 0 Å². The number of hydrogen-bond acceptors (Lipinski definition) is 4. The maximum atomic E-state index is 11.4. The maximum absolute atomic E-state index is 11.4. The minimum Gasteiger partial charge on any atom is -0.394 e. The number of benzene rings is 1. The molecule has 0 spiro atoms. The number of nitrogens with zero attached hydrogens (tertiary/aromatic N) is 1. The molecule has 0 saturated carbocycles. The Morgan fingerprint density at radius 2 is 2.32 bits per heavy atom. The van der Waals surface area contributed by atoms with Gasteiger partial charge >= 0.3 is 0 Å². The molecule has 0 amide bonds. The normalized spacial score (nSPS) is 23.5. The number of halogens is 1. The lowest BCUT2D eigenvalue weighted by Crippen LogP contribution is -2.49.